The maximum atomic E-state index is 4.16. The van der Waals surface area contributed by atoms with Gasteiger partial charge in [0.1, 0.15) is 0 Å². The second-order valence-corrected chi connectivity index (χ2v) is 11.2. The van der Waals surface area contributed by atoms with E-state index < -0.39 is 0 Å². The minimum atomic E-state index is 0.0572. The van der Waals surface area contributed by atoms with Crippen LogP contribution in [0.15, 0.2) is 157 Å². The van der Waals surface area contributed by atoms with Crippen molar-refractivity contribution in [1.29, 1.82) is 0 Å². The van der Waals surface area contributed by atoms with Crippen molar-refractivity contribution in [3.8, 4) is 11.1 Å². The molecule has 3 aromatic carbocycles. The van der Waals surface area contributed by atoms with Gasteiger partial charge in [0.2, 0.25) is 0 Å². The monoisotopic (exact) mass is 521 g/mol. The van der Waals surface area contributed by atoms with Gasteiger partial charge in [-0.25, -0.2) is 0 Å². The highest BCUT2D eigenvalue weighted by Gasteiger charge is 2.22. The molecule has 200 valence electrons. The Morgan fingerprint density at radius 2 is 1.70 bits per heavy atom. The summed E-state index contributed by atoms with van der Waals surface area (Å²) in [5.74, 6) is 0. The van der Waals surface area contributed by atoms with E-state index in [0.29, 0.717) is 0 Å². The third-order valence-corrected chi connectivity index (χ3v) is 7.73. The number of benzene rings is 3. The maximum absolute atomic E-state index is 4.16. The van der Waals surface area contributed by atoms with E-state index in [1.165, 1.54) is 39.0 Å². The van der Waals surface area contributed by atoms with Gasteiger partial charge in [0, 0.05) is 11.4 Å². The summed E-state index contributed by atoms with van der Waals surface area (Å²) in [6, 6.07) is 28.2. The zero-order valence-electron chi connectivity index (χ0n) is 23.7. The van der Waals surface area contributed by atoms with E-state index in [1.807, 2.05) is 6.08 Å². The van der Waals surface area contributed by atoms with Crippen LogP contribution in [0.2, 0.25) is 0 Å². The third kappa shape index (κ3) is 6.79. The van der Waals surface area contributed by atoms with Gasteiger partial charge in [0.15, 0.2) is 0 Å². The fourth-order valence-corrected chi connectivity index (χ4v) is 5.48. The molecule has 0 saturated carbocycles. The van der Waals surface area contributed by atoms with Crippen LogP contribution in [0.4, 0.5) is 0 Å². The first-order chi connectivity index (χ1) is 19.5. The Morgan fingerprint density at radius 3 is 2.50 bits per heavy atom. The number of allylic oxidation sites excluding steroid dienone is 10. The molecule has 2 aliphatic carbocycles. The Kier molecular flexibility index (Phi) is 8.62. The second kappa shape index (κ2) is 12.7. The summed E-state index contributed by atoms with van der Waals surface area (Å²) in [7, 11) is 0. The lowest BCUT2D eigenvalue weighted by Crippen LogP contribution is -2.19. The van der Waals surface area contributed by atoms with Crippen molar-refractivity contribution in [3.63, 3.8) is 0 Å². The molecular formula is C39H39N. The van der Waals surface area contributed by atoms with Crippen LogP contribution in [0.25, 0.3) is 17.2 Å². The molecule has 0 unspecified atom stereocenters. The van der Waals surface area contributed by atoms with Gasteiger partial charge in [-0.05, 0) is 100 Å². The topological polar surface area (TPSA) is 12.0 Å². The largest absolute Gasteiger partial charge is 0.356 e. The highest BCUT2D eigenvalue weighted by Crippen LogP contribution is 2.32. The predicted octanol–water partition coefficient (Wildman–Crippen LogP) is 10.0. The summed E-state index contributed by atoms with van der Waals surface area (Å²) in [6.45, 7) is 8.84. The molecule has 0 saturated heterocycles. The molecule has 1 heteroatoms. The van der Waals surface area contributed by atoms with E-state index in [1.54, 1.807) is 0 Å². The lowest BCUT2D eigenvalue weighted by molar-refractivity contribution is 0.528. The van der Waals surface area contributed by atoms with Crippen molar-refractivity contribution in [2.75, 3.05) is 0 Å². The summed E-state index contributed by atoms with van der Waals surface area (Å²) in [5, 5.41) is 3.69. The lowest BCUT2D eigenvalue weighted by atomic mass is 9.78. The number of fused-ring (bicyclic) bond motifs is 1. The van der Waals surface area contributed by atoms with Crippen molar-refractivity contribution in [3.05, 3.63) is 173 Å². The van der Waals surface area contributed by atoms with Gasteiger partial charge in [0.25, 0.3) is 0 Å². The smallest absolute Gasteiger partial charge is 0.0384 e. The van der Waals surface area contributed by atoms with Crippen molar-refractivity contribution in [2.24, 2.45) is 0 Å². The van der Waals surface area contributed by atoms with E-state index in [0.717, 1.165) is 37.1 Å². The average Bonchev–Trinajstić information content (AvgIpc) is 3.05. The zero-order chi connectivity index (χ0) is 27.8. The van der Waals surface area contributed by atoms with Gasteiger partial charge < -0.3 is 5.32 Å². The van der Waals surface area contributed by atoms with Crippen molar-refractivity contribution in [2.45, 2.75) is 44.9 Å². The van der Waals surface area contributed by atoms with Crippen LogP contribution in [-0.2, 0) is 11.8 Å². The maximum Gasteiger partial charge on any atom is 0.0384 e. The highest BCUT2D eigenvalue weighted by molar-refractivity contribution is 5.70. The van der Waals surface area contributed by atoms with E-state index >= 15 is 0 Å². The number of rotatable bonds is 7. The van der Waals surface area contributed by atoms with Crippen molar-refractivity contribution < 1.29 is 0 Å². The van der Waals surface area contributed by atoms with Crippen LogP contribution in [0, 0.1) is 0 Å². The van der Waals surface area contributed by atoms with Gasteiger partial charge in [-0.2, -0.15) is 0 Å². The molecule has 1 nitrogen and oxygen atoms in total. The Labute approximate surface area is 240 Å². The normalized spacial score (nSPS) is 19.1. The third-order valence-electron chi connectivity index (χ3n) is 7.73. The van der Waals surface area contributed by atoms with Crippen LogP contribution in [0.5, 0.6) is 0 Å². The molecule has 0 amide bonds. The molecule has 40 heavy (non-hydrogen) atoms. The van der Waals surface area contributed by atoms with Crippen LogP contribution in [-0.4, -0.2) is 0 Å². The van der Waals surface area contributed by atoms with Gasteiger partial charge in [-0.1, -0.05) is 124 Å². The first-order valence-corrected chi connectivity index (χ1v) is 14.3. The van der Waals surface area contributed by atoms with Gasteiger partial charge in [-0.15, -0.1) is 0 Å². The second-order valence-electron chi connectivity index (χ2n) is 11.2. The quantitative estimate of drug-likeness (QED) is 0.305. The number of hydrogen-bond acceptors (Lipinski definition) is 1. The molecule has 3 aromatic rings. The molecule has 0 aliphatic heterocycles. The molecule has 5 rings (SSSR count). The summed E-state index contributed by atoms with van der Waals surface area (Å²) in [5.41, 5.74) is 11.2. The van der Waals surface area contributed by atoms with Crippen LogP contribution >= 0.6 is 0 Å². The summed E-state index contributed by atoms with van der Waals surface area (Å²) in [4.78, 5) is 0. The van der Waals surface area contributed by atoms with Gasteiger partial charge in [0.05, 0.1) is 0 Å². The Balaban J connectivity index is 1.47. The summed E-state index contributed by atoms with van der Waals surface area (Å²) in [6.07, 6.45) is 23.9. The molecule has 0 spiro atoms. The van der Waals surface area contributed by atoms with Crippen molar-refractivity contribution >= 4 is 6.08 Å². The van der Waals surface area contributed by atoms with E-state index in [4.69, 9.17) is 0 Å². The molecule has 1 N–H and O–H groups in total. The minimum absolute atomic E-state index is 0.0572. The van der Waals surface area contributed by atoms with Gasteiger partial charge >= 0.3 is 0 Å². The van der Waals surface area contributed by atoms with Crippen LogP contribution in [0.1, 0.15) is 49.8 Å². The SMILES string of the molecule is C=C/C(=C\C(=C\c1cccc(-c2ccccc2)c1)C1=CC=CCC1)NC1=C/CC(C)(C)c2ccccc2C/C=C\1. The molecule has 0 radical (unpaired) electrons. The molecular weight excluding hydrogens is 482 g/mol. The van der Waals surface area contributed by atoms with E-state index in [-0.39, 0.29) is 5.41 Å². The first-order valence-electron chi connectivity index (χ1n) is 14.3. The first kappa shape index (κ1) is 27.2. The molecule has 0 bridgehead atoms. The minimum Gasteiger partial charge on any atom is -0.356 e. The van der Waals surface area contributed by atoms with Crippen LogP contribution < -0.4 is 5.32 Å². The molecule has 0 heterocycles. The summed E-state index contributed by atoms with van der Waals surface area (Å²) >= 11 is 0. The van der Waals surface area contributed by atoms with Crippen molar-refractivity contribution in [1.82, 2.24) is 5.32 Å². The molecule has 0 fully saturated rings. The molecule has 0 atom stereocenters. The Morgan fingerprint density at radius 1 is 0.900 bits per heavy atom. The van der Waals surface area contributed by atoms with E-state index in [9.17, 15) is 0 Å². The lowest BCUT2D eigenvalue weighted by Gasteiger charge is -2.26. The fraction of sp³-hybridized carbons (Fsp3) is 0.179. The Hall–Kier alpha value is -4.36. The fourth-order valence-electron chi connectivity index (χ4n) is 5.48. The average molecular weight is 522 g/mol. The zero-order valence-corrected chi connectivity index (χ0v) is 23.7. The number of hydrogen-bond donors (Lipinski definition) is 1. The van der Waals surface area contributed by atoms with E-state index in [2.05, 4.69) is 153 Å². The standard InChI is InChI=1S/C39H39N/c1-4-36(40-37-23-14-21-33-20-11-12-24-38(33)39(2,3)26-25-37)29-35(32-18-9-6-10-19-32)28-30-15-13-22-34(27-30)31-16-7-5-8-17-31/h4-9,11-18,20,22-25,27-29,40H,1,10,19,21,26H2,2-3H3/b23-14-,35-28-,36-29+,37-25+. The number of nitrogens with one attached hydrogen (secondary N) is 1. The van der Waals surface area contributed by atoms with Crippen LogP contribution in [0.3, 0.4) is 0 Å². The Bertz CT molecular complexity index is 1540. The summed E-state index contributed by atoms with van der Waals surface area (Å²) < 4.78 is 0. The molecule has 2 aliphatic rings. The highest BCUT2D eigenvalue weighted by atomic mass is 14.9. The molecule has 0 aromatic heterocycles. The van der Waals surface area contributed by atoms with Gasteiger partial charge in [-0.3, -0.25) is 0 Å². The predicted molar refractivity (Wildman–Crippen MR) is 173 cm³/mol.